The average Bonchev–Trinajstić information content (AvgIpc) is 2.24. The molecule has 0 fully saturated rings. The lowest BCUT2D eigenvalue weighted by molar-refractivity contribution is 0.615. The van der Waals surface area contributed by atoms with Gasteiger partial charge in [-0.3, -0.25) is 0 Å². The predicted octanol–water partition coefficient (Wildman–Crippen LogP) is 5.14. The molecule has 0 aromatic heterocycles. The highest BCUT2D eigenvalue weighted by Crippen LogP contribution is 2.24. The van der Waals surface area contributed by atoms with E-state index in [2.05, 4.69) is 60.2 Å². The lowest BCUT2D eigenvalue weighted by atomic mass is 10.1. The predicted molar refractivity (Wildman–Crippen MR) is 76.1 cm³/mol. The smallest absolute Gasteiger partial charge is 0.0489 e. The Kier molecular flexibility index (Phi) is 5.89. The Balaban J connectivity index is 2.48. The van der Waals surface area contributed by atoms with Crippen LogP contribution in [-0.4, -0.2) is 6.04 Å². The molecule has 0 bridgehead atoms. The van der Waals surface area contributed by atoms with Crippen LogP contribution in [0.3, 0.4) is 0 Å². The Morgan fingerprint density at radius 1 is 1.31 bits per heavy atom. The molecule has 1 N–H and O–H groups in total. The van der Waals surface area contributed by atoms with E-state index in [-0.39, 0.29) is 0 Å². The van der Waals surface area contributed by atoms with Crippen molar-refractivity contribution in [1.29, 1.82) is 0 Å². The maximum Gasteiger partial charge on any atom is 0.0489 e. The summed E-state index contributed by atoms with van der Waals surface area (Å²) in [4.78, 5) is 0. The molecule has 2 heteroatoms. The van der Waals surface area contributed by atoms with E-state index in [0.29, 0.717) is 6.04 Å². The summed E-state index contributed by atoms with van der Waals surface area (Å²) in [6.45, 7) is 6.62. The Morgan fingerprint density at radius 3 is 2.75 bits per heavy atom. The van der Waals surface area contributed by atoms with Crippen molar-refractivity contribution in [2.24, 2.45) is 0 Å². The molecule has 1 unspecified atom stereocenters. The van der Waals surface area contributed by atoms with E-state index in [9.17, 15) is 0 Å². The van der Waals surface area contributed by atoms with Gasteiger partial charge in [-0.1, -0.05) is 32.3 Å². The topological polar surface area (TPSA) is 12.0 Å². The van der Waals surface area contributed by atoms with Gasteiger partial charge in [0.15, 0.2) is 0 Å². The molecule has 0 aliphatic rings. The summed E-state index contributed by atoms with van der Waals surface area (Å²) in [5.41, 5.74) is 2.51. The number of unbranched alkanes of at least 4 members (excludes halogenated alkanes) is 2. The normalized spacial score (nSPS) is 12.5. The fraction of sp³-hybridized carbons (Fsp3) is 0.571. The SMILES string of the molecule is CCCCCC(C)Nc1cc(C)ccc1Br. The quantitative estimate of drug-likeness (QED) is 0.713. The van der Waals surface area contributed by atoms with Crippen molar-refractivity contribution < 1.29 is 0 Å². The van der Waals surface area contributed by atoms with Crippen LogP contribution in [0.2, 0.25) is 0 Å². The van der Waals surface area contributed by atoms with Crippen LogP contribution < -0.4 is 5.32 Å². The van der Waals surface area contributed by atoms with Crippen LogP contribution in [0, 0.1) is 6.92 Å². The second-order valence-electron chi connectivity index (χ2n) is 4.52. The maximum atomic E-state index is 3.58. The first-order valence-corrected chi connectivity index (χ1v) is 6.95. The molecule has 1 aromatic rings. The monoisotopic (exact) mass is 283 g/mol. The molecule has 0 spiro atoms. The van der Waals surface area contributed by atoms with Crippen molar-refractivity contribution >= 4 is 21.6 Å². The van der Waals surface area contributed by atoms with Crippen molar-refractivity contribution in [3.63, 3.8) is 0 Å². The molecule has 0 radical (unpaired) electrons. The molecule has 0 heterocycles. The fourth-order valence-corrected chi connectivity index (χ4v) is 2.15. The molecule has 16 heavy (non-hydrogen) atoms. The number of rotatable bonds is 6. The molecule has 0 saturated carbocycles. The largest absolute Gasteiger partial charge is 0.382 e. The summed E-state index contributed by atoms with van der Waals surface area (Å²) in [7, 11) is 0. The van der Waals surface area contributed by atoms with Gasteiger partial charge in [0.05, 0.1) is 0 Å². The molecule has 0 saturated heterocycles. The van der Waals surface area contributed by atoms with Crippen LogP contribution in [0.15, 0.2) is 22.7 Å². The number of aryl methyl sites for hydroxylation is 1. The van der Waals surface area contributed by atoms with Crippen molar-refractivity contribution in [3.05, 3.63) is 28.2 Å². The third kappa shape index (κ3) is 4.56. The summed E-state index contributed by atoms with van der Waals surface area (Å²) >= 11 is 3.58. The van der Waals surface area contributed by atoms with Gasteiger partial charge in [0.2, 0.25) is 0 Å². The van der Waals surface area contributed by atoms with E-state index >= 15 is 0 Å². The summed E-state index contributed by atoms with van der Waals surface area (Å²) in [6, 6.07) is 6.97. The number of hydrogen-bond donors (Lipinski definition) is 1. The second kappa shape index (κ2) is 6.95. The molecular formula is C14H22BrN. The third-order valence-electron chi connectivity index (χ3n) is 2.76. The van der Waals surface area contributed by atoms with Gasteiger partial charge in [0.25, 0.3) is 0 Å². The number of halogens is 1. The third-order valence-corrected chi connectivity index (χ3v) is 3.46. The van der Waals surface area contributed by atoms with Crippen LogP contribution in [0.5, 0.6) is 0 Å². The molecule has 1 rings (SSSR count). The number of anilines is 1. The highest BCUT2D eigenvalue weighted by molar-refractivity contribution is 9.10. The van der Waals surface area contributed by atoms with Gasteiger partial charge in [0.1, 0.15) is 0 Å². The Morgan fingerprint density at radius 2 is 2.06 bits per heavy atom. The second-order valence-corrected chi connectivity index (χ2v) is 5.38. The zero-order chi connectivity index (χ0) is 12.0. The zero-order valence-corrected chi connectivity index (χ0v) is 12.1. The minimum Gasteiger partial charge on any atom is -0.382 e. The van der Waals surface area contributed by atoms with Gasteiger partial charge in [0, 0.05) is 16.2 Å². The highest BCUT2D eigenvalue weighted by Gasteiger charge is 2.04. The van der Waals surface area contributed by atoms with Gasteiger partial charge in [-0.15, -0.1) is 0 Å². The lowest BCUT2D eigenvalue weighted by Crippen LogP contribution is -2.15. The van der Waals surface area contributed by atoms with Gasteiger partial charge in [-0.2, -0.15) is 0 Å². The van der Waals surface area contributed by atoms with Gasteiger partial charge >= 0.3 is 0 Å². The number of benzene rings is 1. The fourth-order valence-electron chi connectivity index (χ4n) is 1.79. The van der Waals surface area contributed by atoms with Gasteiger partial charge in [-0.25, -0.2) is 0 Å². The van der Waals surface area contributed by atoms with E-state index < -0.39 is 0 Å². The minimum absolute atomic E-state index is 0.546. The standard InChI is InChI=1S/C14H22BrN/c1-4-5-6-7-12(3)16-14-10-11(2)8-9-13(14)15/h8-10,12,16H,4-7H2,1-3H3. The zero-order valence-electron chi connectivity index (χ0n) is 10.5. The van der Waals surface area contributed by atoms with E-state index in [4.69, 9.17) is 0 Å². The summed E-state index contributed by atoms with van der Waals surface area (Å²) in [5, 5.41) is 3.56. The summed E-state index contributed by atoms with van der Waals surface area (Å²) in [6.07, 6.45) is 5.18. The van der Waals surface area contributed by atoms with Crippen molar-refractivity contribution in [2.75, 3.05) is 5.32 Å². The molecule has 1 aromatic carbocycles. The maximum absolute atomic E-state index is 3.58. The van der Waals surface area contributed by atoms with Crippen LogP contribution in [0.4, 0.5) is 5.69 Å². The van der Waals surface area contributed by atoms with E-state index in [1.165, 1.54) is 36.9 Å². The Hall–Kier alpha value is -0.500. The minimum atomic E-state index is 0.546. The van der Waals surface area contributed by atoms with Crippen molar-refractivity contribution in [2.45, 2.75) is 52.5 Å². The molecular weight excluding hydrogens is 262 g/mol. The van der Waals surface area contributed by atoms with Crippen LogP contribution in [-0.2, 0) is 0 Å². The van der Waals surface area contributed by atoms with E-state index in [1.807, 2.05) is 0 Å². The van der Waals surface area contributed by atoms with E-state index in [0.717, 1.165) is 4.47 Å². The highest BCUT2D eigenvalue weighted by atomic mass is 79.9. The number of nitrogens with one attached hydrogen (secondary N) is 1. The van der Waals surface area contributed by atoms with Crippen LogP contribution >= 0.6 is 15.9 Å². The molecule has 0 aliphatic carbocycles. The summed E-state index contributed by atoms with van der Waals surface area (Å²) < 4.78 is 1.15. The number of hydrogen-bond acceptors (Lipinski definition) is 1. The molecule has 0 aliphatic heterocycles. The summed E-state index contributed by atoms with van der Waals surface area (Å²) in [5.74, 6) is 0. The van der Waals surface area contributed by atoms with Crippen molar-refractivity contribution in [3.8, 4) is 0 Å². The lowest BCUT2D eigenvalue weighted by Gasteiger charge is -2.16. The van der Waals surface area contributed by atoms with Crippen molar-refractivity contribution in [1.82, 2.24) is 0 Å². The average molecular weight is 284 g/mol. The van der Waals surface area contributed by atoms with Gasteiger partial charge in [-0.05, 0) is 53.9 Å². The first kappa shape index (κ1) is 13.6. The first-order chi connectivity index (χ1) is 7.63. The van der Waals surface area contributed by atoms with Crippen LogP contribution in [0.25, 0.3) is 0 Å². The first-order valence-electron chi connectivity index (χ1n) is 6.16. The molecule has 1 atom stereocenters. The van der Waals surface area contributed by atoms with Gasteiger partial charge < -0.3 is 5.32 Å². The van der Waals surface area contributed by atoms with E-state index in [1.54, 1.807) is 0 Å². The molecule has 0 amide bonds. The molecule has 1 nitrogen and oxygen atoms in total. The molecule has 90 valence electrons. The van der Waals surface area contributed by atoms with Crippen LogP contribution in [0.1, 0.15) is 45.1 Å². The Bertz CT molecular complexity index is 323. The Labute approximate surface area is 108 Å².